The Labute approximate surface area is 106 Å². The summed E-state index contributed by atoms with van der Waals surface area (Å²) in [5.41, 5.74) is 2.63. The second-order valence-corrected chi connectivity index (χ2v) is 5.21. The molecule has 17 heavy (non-hydrogen) atoms. The molecule has 1 aromatic rings. The Hall–Kier alpha value is -1.02. The molecule has 0 heterocycles. The number of anilines is 1. The van der Waals surface area contributed by atoms with Gasteiger partial charge in [0.05, 0.1) is 0 Å². The number of aryl methyl sites for hydroxylation is 1. The van der Waals surface area contributed by atoms with E-state index in [0.29, 0.717) is 0 Å². The smallest absolute Gasteiger partial charge is 0.0363 e. The van der Waals surface area contributed by atoms with E-state index in [1.54, 1.807) is 0 Å². The molecule has 2 nitrogen and oxygen atoms in total. The molecule has 96 valence electrons. The van der Waals surface area contributed by atoms with Crippen LogP contribution in [0.5, 0.6) is 0 Å². The number of nitrogens with zero attached hydrogens (tertiary/aromatic N) is 1. The maximum atomic E-state index is 3.47. The van der Waals surface area contributed by atoms with Crippen LogP contribution in [0.1, 0.15) is 25.8 Å². The lowest BCUT2D eigenvalue weighted by molar-refractivity contribution is 0.543. The summed E-state index contributed by atoms with van der Waals surface area (Å²) in [6, 6.07) is 8.72. The van der Waals surface area contributed by atoms with E-state index >= 15 is 0 Å². The van der Waals surface area contributed by atoms with E-state index < -0.39 is 0 Å². The molecule has 1 N–H and O–H groups in total. The molecule has 0 aliphatic carbocycles. The van der Waals surface area contributed by atoms with Crippen molar-refractivity contribution in [3.63, 3.8) is 0 Å². The van der Waals surface area contributed by atoms with Crippen LogP contribution in [-0.2, 0) is 0 Å². The topological polar surface area (TPSA) is 15.3 Å². The first-order chi connectivity index (χ1) is 8.09. The van der Waals surface area contributed by atoms with E-state index in [4.69, 9.17) is 0 Å². The molecule has 2 heteroatoms. The third kappa shape index (κ3) is 5.73. The third-order valence-electron chi connectivity index (χ3n) is 2.87. The first-order valence-corrected chi connectivity index (χ1v) is 6.58. The average Bonchev–Trinajstić information content (AvgIpc) is 2.29. The largest absolute Gasteiger partial charge is 0.375 e. The molecule has 0 radical (unpaired) electrons. The van der Waals surface area contributed by atoms with Crippen LogP contribution in [-0.4, -0.2) is 26.7 Å². The Morgan fingerprint density at radius 2 is 1.82 bits per heavy atom. The van der Waals surface area contributed by atoms with Crippen LogP contribution >= 0.6 is 0 Å². The molecule has 0 saturated heterocycles. The number of hydrogen-bond donors (Lipinski definition) is 1. The van der Waals surface area contributed by atoms with Gasteiger partial charge in [-0.2, -0.15) is 0 Å². The molecule has 0 saturated carbocycles. The highest BCUT2D eigenvalue weighted by Gasteiger charge is 2.00. The van der Waals surface area contributed by atoms with Crippen LogP contribution < -0.4 is 10.2 Å². The molecule has 0 unspecified atom stereocenters. The summed E-state index contributed by atoms with van der Waals surface area (Å²) in [6.45, 7) is 9.94. The van der Waals surface area contributed by atoms with Gasteiger partial charge in [0.25, 0.3) is 0 Å². The maximum absolute atomic E-state index is 3.47. The Balaban J connectivity index is 2.21. The maximum Gasteiger partial charge on any atom is 0.0363 e. The van der Waals surface area contributed by atoms with Gasteiger partial charge in [-0.1, -0.05) is 31.5 Å². The molecule has 0 aliphatic heterocycles. The zero-order valence-corrected chi connectivity index (χ0v) is 11.7. The fourth-order valence-electron chi connectivity index (χ4n) is 1.76. The predicted octanol–water partition coefficient (Wildman–Crippen LogP) is 3.07. The molecule has 0 aliphatic rings. The van der Waals surface area contributed by atoms with Crippen molar-refractivity contribution in [3.8, 4) is 0 Å². The van der Waals surface area contributed by atoms with Gasteiger partial charge in [-0.3, -0.25) is 0 Å². The van der Waals surface area contributed by atoms with Crippen molar-refractivity contribution in [3.05, 3.63) is 29.8 Å². The lowest BCUT2D eigenvalue weighted by Crippen LogP contribution is -2.25. The van der Waals surface area contributed by atoms with E-state index in [1.165, 1.54) is 17.7 Å². The predicted molar refractivity (Wildman–Crippen MR) is 76.8 cm³/mol. The van der Waals surface area contributed by atoms with Gasteiger partial charge in [-0.15, -0.1) is 0 Å². The lowest BCUT2D eigenvalue weighted by atomic mass is 10.2. The standard InChI is InChI=1S/C15H26N2/c1-13(2)12-16-10-5-11-17(4)15-8-6-14(3)7-9-15/h6-9,13,16H,5,10-12H2,1-4H3. The minimum atomic E-state index is 0.741. The van der Waals surface area contributed by atoms with Crippen LogP contribution in [0.2, 0.25) is 0 Å². The second-order valence-electron chi connectivity index (χ2n) is 5.21. The third-order valence-corrected chi connectivity index (χ3v) is 2.87. The summed E-state index contributed by atoms with van der Waals surface area (Å²) in [4.78, 5) is 2.32. The number of rotatable bonds is 7. The lowest BCUT2D eigenvalue weighted by Gasteiger charge is -2.19. The Morgan fingerprint density at radius 3 is 2.41 bits per heavy atom. The molecular formula is C15H26N2. The zero-order chi connectivity index (χ0) is 12.7. The van der Waals surface area contributed by atoms with Gasteiger partial charge >= 0.3 is 0 Å². The van der Waals surface area contributed by atoms with Crippen molar-refractivity contribution in [2.75, 3.05) is 31.6 Å². The van der Waals surface area contributed by atoms with Crippen molar-refractivity contribution in [2.45, 2.75) is 27.2 Å². The Bertz CT molecular complexity index is 303. The second kappa shape index (κ2) is 7.33. The Morgan fingerprint density at radius 1 is 1.18 bits per heavy atom. The van der Waals surface area contributed by atoms with Crippen LogP contribution in [0.4, 0.5) is 5.69 Å². The van der Waals surface area contributed by atoms with Crippen molar-refractivity contribution in [2.24, 2.45) is 5.92 Å². The van der Waals surface area contributed by atoms with Gasteiger partial charge < -0.3 is 10.2 Å². The summed E-state index contributed by atoms with van der Waals surface area (Å²) in [7, 11) is 2.16. The number of nitrogens with one attached hydrogen (secondary N) is 1. The summed E-state index contributed by atoms with van der Waals surface area (Å²) in [6.07, 6.45) is 1.19. The van der Waals surface area contributed by atoms with Crippen LogP contribution in [0.3, 0.4) is 0 Å². The summed E-state index contributed by atoms with van der Waals surface area (Å²) in [5.74, 6) is 0.741. The number of benzene rings is 1. The monoisotopic (exact) mass is 234 g/mol. The fraction of sp³-hybridized carbons (Fsp3) is 0.600. The highest BCUT2D eigenvalue weighted by Crippen LogP contribution is 2.13. The Kier molecular flexibility index (Phi) is 6.06. The molecule has 0 fully saturated rings. The molecule has 1 rings (SSSR count). The van der Waals surface area contributed by atoms with Crippen LogP contribution in [0, 0.1) is 12.8 Å². The minimum absolute atomic E-state index is 0.741. The SMILES string of the molecule is Cc1ccc(N(C)CCCNCC(C)C)cc1. The van der Waals surface area contributed by atoms with Gasteiger partial charge in [0.1, 0.15) is 0 Å². The highest BCUT2D eigenvalue weighted by molar-refractivity contribution is 5.46. The normalized spacial score (nSPS) is 10.9. The van der Waals surface area contributed by atoms with E-state index in [1.807, 2.05) is 0 Å². The summed E-state index contributed by atoms with van der Waals surface area (Å²) in [5, 5.41) is 3.47. The first-order valence-electron chi connectivity index (χ1n) is 6.58. The van der Waals surface area contributed by atoms with Gasteiger partial charge in [0.2, 0.25) is 0 Å². The summed E-state index contributed by atoms with van der Waals surface area (Å²) >= 11 is 0. The molecule has 0 atom stereocenters. The average molecular weight is 234 g/mol. The van der Waals surface area contributed by atoms with E-state index in [9.17, 15) is 0 Å². The molecular weight excluding hydrogens is 208 g/mol. The van der Waals surface area contributed by atoms with Crippen LogP contribution in [0.25, 0.3) is 0 Å². The van der Waals surface area contributed by atoms with Crippen molar-refractivity contribution in [1.82, 2.24) is 5.32 Å². The highest BCUT2D eigenvalue weighted by atomic mass is 15.1. The van der Waals surface area contributed by atoms with Gasteiger partial charge in [-0.25, -0.2) is 0 Å². The van der Waals surface area contributed by atoms with Gasteiger partial charge in [-0.05, 0) is 44.5 Å². The molecule has 1 aromatic carbocycles. The quantitative estimate of drug-likeness (QED) is 0.729. The van der Waals surface area contributed by atoms with Gasteiger partial charge in [0.15, 0.2) is 0 Å². The molecule has 0 amide bonds. The van der Waals surface area contributed by atoms with Crippen molar-refractivity contribution < 1.29 is 0 Å². The van der Waals surface area contributed by atoms with E-state index in [2.05, 4.69) is 62.3 Å². The van der Waals surface area contributed by atoms with Gasteiger partial charge in [0, 0.05) is 19.3 Å². The molecule has 0 aromatic heterocycles. The molecule has 0 spiro atoms. The van der Waals surface area contributed by atoms with Crippen molar-refractivity contribution in [1.29, 1.82) is 0 Å². The van der Waals surface area contributed by atoms with Crippen LogP contribution in [0.15, 0.2) is 24.3 Å². The van der Waals surface area contributed by atoms with E-state index in [-0.39, 0.29) is 0 Å². The zero-order valence-electron chi connectivity index (χ0n) is 11.7. The fourth-order valence-corrected chi connectivity index (χ4v) is 1.76. The first kappa shape index (κ1) is 14.0. The minimum Gasteiger partial charge on any atom is -0.375 e. The van der Waals surface area contributed by atoms with E-state index in [0.717, 1.165) is 25.6 Å². The molecule has 0 bridgehead atoms. The number of hydrogen-bond acceptors (Lipinski definition) is 2. The van der Waals surface area contributed by atoms with Crippen molar-refractivity contribution >= 4 is 5.69 Å². The summed E-state index contributed by atoms with van der Waals surface area (Å²) < 4.78 is 0.